The van der Waals surface area contributed by atoms with Crippen LogP contribution in [0.3, 0.4) is 0 Å². The van der Waals surface area contributed by atoms with Crippen LogP contribution in [-0.2, 0) is 15.9 Å². The Hall–Kier alpha value is -2.62. The molecule has 4 nitrogen and oxygen atoms in total. The van der Waals surface area contributed by atoms with E-state index >= 15 is 0 Å². The molecular weight excluding hydrogens is 288 g/mol. The summed E-state index contributed by atoms with van der Waals surface area (Å²) in [5, 5.41) is 0. The van der Waals surface area contributed by atoms with E-state index in [0.717, 1.165) is 42.4 Å². The third-order valence-corrected chi connectivity index (χ3v) is 3.98. The highest BCUT2D eigenvalue weighted by molar-refractivity contribution is 5.95. The Morgan fingerprint density at radius 3 is 1.43 bits per heavy atom. The molecule has 2 aliphatic heterocycles. The van der Waals surface area contributed by atoms with Crippen molar-refractivity contribution in [3.63, 3.8) is 0 Å². The monoisotopic (exact) mass is 306 g/mol. The van der Waals surface area contributed by atoms with Gasteiger partial charge in [-0.05, 0) is 41.8 Å². The average molecular weight is 306 g/mol. The zero-order chi connectivity index (χ0) is 15.5. The van der Waals surface area contributed by atoms with E-state index in [-0.39, 0.29) is 0 Å². The standard InChI is InChI=1S/C19H18N2O2/c1-5-16(18-20-9-11-22-18)6-2-14(1)13-15-3-7-17(8-4-15)19-21-10-12-23-19/h1-8H,9-13H2. The van der Waals surface area contributed by atoms with Crippen LogP contribution in [-0.4, -0.2) is 38.1 Å². The molecule has 0 saturated heterocycles. The smallest absolute Gasteiger partial charge is 0.216 e. The van der Waals surface area contributed by atoms with Gasteiger partial charge in [0.05, 0.1) is 13.1 Å². The average Bonchev–Trinajstić information content (AvgIpc) is 3.30. The van der Waals surface area contributed by atoms with Crippen LogP contribution in [0.15, 0.2) is 58.5 Å². The molecule has 2 aromatic rings. The van der Waals surface area contributed by atoms with E-state index in [1.807, 2.05) is 0 Å². The zero-order valence-electron chi connectivity index (χ0n) is 12.9. The largest absolute Gasteiger partial charge is 0.476 e. The molecule has 116 valence electrons. The van der Waals surface area contributed by atoms with E-state index in [1.54, 1.807) is 0 Å². The maximum absolute atomic E-state index is 5.49. The highest BCUT2D eigenvalue weighted by Gasteiger charge is 2.11. The van der Waals surface area contributed by atoms with E-state index in [9.17, 15) is 0 Å². The molecule has 2 heterocycles. The molecule has 0 aromatic heterocycles. The summed E-state index contributed by atoms with van der Waals surface area (Å²) in [7, 11) is 0. The van der Waals surface area contributed by atoms with Crippen LogP contribution in [0.25, 0.3) is 0 Å². The molecule has 23 heavy (non-hydrogen) atoms. The van der Waals surface area contributed by atoms with Crippen molar-refractivity contribution in [2.75, 3.05) is 26.3 Å². The zero-order valence-corrected chi connectivity index (χ0v) is 12.9. The van der Waals surface area contributed by atoms with Crippen LogP contribution in [0.1, 0.15) is 22.3 Å². The molecule has 0 bridgehead atoms. The number of aliphatic imine (C=N–C) groups is 2. The molecule has 2 aliphatic rings. The molecule has 0 unspecified atom stereocenters. The van der Waals surface area contributed by atoms with Gasteiger partial charge < -0.3 is 9.47 Å². The molecule has 2 aromatic carbocycles. The van der Waals surface area contributed by atoms with Crippen molar-refractivity contribution in [3.8, 4) is 0 Å². The maximum atomic E-state index is 5.49. The molecule has 0 saturated carbocycles. The normalized spacial score (nSPS) is 16.5. The van der Waals surface area contributed by atoms with Crippen molar-refractivity contribution < 1.29 is 9.47 Å². The molecule has 0 amide bonds. The maximum Gasteiger partial charge on any atom is 0.216 e. The molecule has 0 N–H and O–H groups in total. The Bertz CT molecular complexity index is 680. The van der Waals surface area contributed by atoms with Gasteiger partial charge in [0.1, 0.15) is 13.2 Å². The highest BCUT2D eigenvalue weighted by atomic mass is 16.5. The Morgan fingerprint density at radius 1 is 0.652 bits per heavy atom. The lowest BCUT2D eigenvalue weighted by Crippen LogP contribution is -2.02. The van der Waals surface area contributed by atoms with Gasteiger partial charge in [-0.3, -0.25) is 0 Å². The van der Waals surface area contributed by atoms with Gasteiger partial charge in [0.15, 0.2) is 0 Å². The number of hydrogen-bond acceptors (Lipinski definition) is 4. The first kappa shape index (κ1) is 14.0. The predicted octanol–water partition coefficient (Wildman–Crippen LogP) is 2.83. The van der Waals surface area contributed by atoms with Crippen molar-refractivity contribution in [2.24, 2.45) is 9.98 Å². The Morgan fingerprint density at radius 2 is 1.09 bits per heavy atom. The van der Waals surface area contributed by atoms with Crippen LogP contribution in [0, 0.1) is 0 Å². The summed E-state index contributed by atoms with van der Waals surface area (Å²) >= 11 is 0. The number of benzene rings is 2. The minimum absolute atomic E-state index is 0.693. The first-order chi connectivity index (χ1) is 11.4. The number of hydrogen-bond donors (Lipinski definition) is 0. The third kappa shape index (κ3) is 3.11. The number of nitrogens with zero attached hydrogens (tertiary/aromatic N) is 2. The van der Waals surface area contributed by atoms with Gasteiger partial charge in [-0.1, -0.05) is 24.3 Å². The second kappa shape index (κ2) is 6.24. The Balaban J connectivity index is 1.45. The highest BCUT2D eigenvalue weighted by Crippen LogP contribution is 2.15. The van der Waals surface area contributed by atoms with Gasteiger partial charge in [-0.2, -0.15) is 0 Å². The summed E-state index contributed by atoms with van der Waals surface area (Å²) in [6, 6.07) is 16.9. The van der Waals surface area contributed by atoms with Gasteiger partial charge in [0.25, 0.3) is 0 Å². The van der Waals surface area contributed by atoms with Gasteiger partial charge in [-0.15, -0.1) is 0 Å². The molecule has 0 fully saturated rings. The van der Waals surface area contributed by atoms with Crippen molar-refractivity contribution in [2.45, 2.75) is 6.42 Å². The fourth-order valence-electron chi connectivity index (χ4n) is 2.79. The van der Waals surface area contributed by atoms with Crippen LogP contribution in [0.4, 0.5) is 0 Å². The van der Waals surface area contributed by atoms with E-state index in [4.69, 9.17) is 9.47 Å². The molecular formula is C19H18N2O2. The van der Waals surface area contributed by atoms with Crippen LogP contribution < -0.4 is 0 Å². The first-order valence-corrected chi connectivity index (χ1v) is 7.92. The van der Waals surface area contributed by atoms with Crippen molar-refractivity contribution in [1.82, 2.24) is 0 Å². The van der Waals surface area contributed by atoms with E-state index in [2.05, 4.69) is 58.5 Å². The van der Waals surface area contributed by atoms with Crippen LogP contribution >= 0.6 is 0 Å². The fourth-order valence-corrected chi connectivity index (χ4v) is 2.79. The Kier molecular flexibility index (Phi) is 3.80. The van der Waals surface area contributed by atoms with Crippen LogP contribution in [0.2, 0.25) is 0 Å². The summed E-state index contributed by atoms with van der Waals surface area (Å²) in [5.74, 6) is 1.52. The summed E-state index contributed by atoms with van der Waals surface area (Å²) in [6.45, 7) is 2.91. The molecule has 4 rings (SSSR count). The second-order valence-corrected chi connectivity index (χ2v) is 5.64. The lowest BCUT2D eigenvalue weighted by molar-refractivity contribution is 0.348. The minimum Gasteiger partial charge on any atom is -0.476 e. The molecule has 0 spiro atoms. The van der Waals surface area contributed by atoms with Crippen molar-refractivity contribution >= 4 is 11.8 Å². The fraction of sp³-hybridized carbons (Fsp3) is 0.263. The van der Waals surface area contributed by atoms with Crippen LogP contribution in [0.5, 0.6) is 0 Å². The molecule has 0 atom stereocenters. The topological polar surface area (TPSA) is 43.2 Å². The minimum atomic E-state index is 0.693. The third-order valence-electron chi connectivity index (χ3n) is 3.98. The van der Waals surface area contributed by atoms with Gasteiger partial charge >= 0.3 is 0 Å². The molecule has 0 radical (unpaired) electrons. The number of rotatable bonds is 4. The van der Waals surface area contributed by atoms with Crippen molar-refractivity contribution in [1.29, 1.82) is 0 Å². The van der Waals surface area contributed by atoms with Crippen molar-refractivity contribution in [3.05, 3.63) is 70.8 Å². The van der Waals surface area contributed by atoms with Gasteiger partial charge in [-0.25, -0.2) is 9.98 Å². The lowest BCUT2D eigenvalue weighted by Gasteiger charge is -2.06. The SMILES string of the molecule is c1cc(C2=NCCO2)ccc1Cc1ccc(C2=NCCO2)cc1. The lowest BCUT2D eigenvalue weighted by atomic mass is 10.0. The number of ether oxygens (including phenoxy) is 2. The summed E-state index contributed by atoms with van der Waals surface area (Å²) < 4.78 is 11.0. The quantitative estimate of drug-likeness (QED) is 0.872. The summed E-state index contributed by atoms with van der Waals surface area (Å²) in [6.07, 6.45) is 0.904. The Labute approximate surface area is 135 Å². The first-order valence-electron chi connectivity index (χ1n) is 7.92. The summed E-state index contributed by atoms with van der Waals surface area (Å²) in [5.41, 5.74) is 4.65. The van der Waals surface area contributed by atoms with E-state index in [1.165, 1.54) is 11.1 Å². The second-order valence-electron chi connectivity index (χ2n) is 5.64. The predicted molar refractivity (Wildman–Crippen MR) is 90.4 cm³/mol. The molecule has 4 heteroatoms. The van der Waals surface area contributed by atoms with E-state index < -0.39 is 0 Å². The van der Waals surface area contributed by atoms with Gasteiger partial charge in [0.2, 0.25) is 11.8 Å². The summed E-state index contributed by atoms with van der Waals surface area (Å²) in [4.78, 5) is 8.68. The molecule has 0 aliphatic carbocycles. The van der Waals surface area contributed by atoms with Gasteiger partial charge in [0, 0.05) is 11.1 Å². The van der Waals surface area contributed by atoms with E-state index in [0.29, 0.717) is 13.2 Å².